The van der Waals surface area contributed by atoms with E-state index in [4.69, 9.17) is 10.1 Å². The Balaban J connectivity index is 2.48. The fourth-order valence-corrected chi connectivity index (χ4v) is 2.56. The summed E-state index contributed by atoms with van der Waals surface area (Å²) in [4.78, 5) is 4.90. The smallest absolute Gasteiger partial charge is 0.106 e. The molecular formula is C15H26N2O. The molecule has 0 aliphatic heterocycles. The van der Waals surface area contributed by atoms with Crippen LogP contribution >= 0.6 is 0 Å². The molecule has 0 heterocycles. The van der Waals surface area contributed by atoms with Crippen molar-refractivity contribution in [3.8, 4) is 6.07 Å². The van der Waals surface area contributed by atoms with Crippen LogP contribution in [0.5, 0.6) is 0 Å². The van der Waals surface area contributed by atoms with Crippen molar-refractivity contribution in [2.75, 3.05) is 7.11 Å². The number of nitriles is 1. The van der Waals surface area contributed by atoms with Gasteiger partial charge in [0.25, 0.3) is 0 Å². The average Bonchev–Trinajstić information content (AvgIpc) is 2.41. The largest absolute Gasteiger partial charge is 0.399 e. The van der Waals surface area contributed by atoms with Crippen molar-refractivity contribution in [3.05, 3.63) is 0 Å². The number of hydrogen-bond donors (Lipinski definition) is 0. The summed E-state index contributed by atoms with van der Waals surface area (Å²) in [6, 6.07) is 2.44. The molecule has 0 aromatic rings. The number of rotatable bonds is 1. The highest BCUT2D eigenvalue weighted by Gasteiger charge is 2.10. The maximum absolute atomic E-state index is 9.15. The van der Waals surface area contributed by atoms with Gasteiger partial charge in [-0.2, -0.15) is 5.26 Å². The van der Waals surface area contributed by atoms with Crippen LogP contribution in [0.15, 0.2) is 5.16 Å². The van der Waals surface area contributed by atoms with Crippen LogP contribution in [0, 0.1) is 17.2 Å². The second kappa shape index (κ2) is 9.94. The van der Waals surface area contributed by atoms with Crippen molar-refractivity contribution >= 4 is 5.71 Å². The van der Waals surface area contributed by atoms with Crippen LogP contribution in [0.4, 0.5) is 0 Å². The summed E-state index contributed by atoms with van der Waals surface area (Å²) in [6.07, 6.45) is 13.0. The molecule has 0 aromatic carbocycles. The molecule has 0 bridgehead atoms. The van der Waals surface area contributed by atoms with Crippen molar-refractivity contribution in [2.45, 2.75) is 70.6 Å². The van der Waals surface area contributed by atoms with Gasteiger partial charge in [-0.05, 0) is 32.1 Å². The summed E-state index contributed by atoms with van der Waals surface area (Å²) in [5, 5.41) is 13.3. The highest BCUT2D eigenvalue weighted by molar-refractivity contribution is 5.83. The summed E-state index contributed by atoms with van der Waals surface area (Å²) >= 11 is 0. The van der Waals surface area contributed by atoms with E-state index in [1.54, 1.807) is 7.11 Å². The van der Waals surface area contributed by atoms with Gasteiger partial charge in [0.2, 0.25) is 0 Å². The van der Waals surface area contributed by atoms with E-state index in [0.29, 0.717) is 0 Å². The molecule has 1 fully saturated rings. The highest BCUT2D eigenvalue weighted by Crippen LogP contribution is 2.19. The fourth-order valence-electron chi connectivity index (χ4n) is 2.56. The molecule has 18 heavy (non-hydrogen) atoms. The van der Waals surface area contributed by atoms with E-state index in [1.165, 1.54) is 44.9 Å². The normalized spacial score (nSPS) is 26.4. The lowest BCUT2D eigenvalue weighted by Crippen LogP contribution is -2.05. The minimum absolute atomic E-state index is 0.202. The predicted octanol–water partition coefficient (Wildman–Crippen LogP) is 4.43. The van der Waals surface area contributed by atoms with Gasteiger partial charge in [-0.3, -0.25) is 0 Å². The van der Waals surface area contributed by atoms with Crippen molar-refractivity contribution in [1.82, 2.24) is 0 Å². The summed E-state index contributed by atoms with van der Waals surface area (Å²) in [7, 11) is 1.61. The Morgan fingerprint density at radius 3 is 2.33 bits per heavy atom. The average molecular weight is 250 g/mol. The van der Waals surface area contributed by atoms with Crippen molar-refractivity contribution < 1.29 is 4.84 Å². The van der Waals surface area contributed by atoms with E-state index in [9.17, 15) is 0 Å². The van der Waals surface area contributed by atoms with Crippen LogP contribution in [-0.2, 0) is 4.84 Å². The molecule has 1 atom stereocenters. The summed E-state index contributed by atoms with van der Waals surface area (Å²) in [5.41, 5.74) is 1.14. The van der Waals surface area contributed by atoms with Gasteiger partial charge in [-0.1, -0.05) is 43.7 Å². The first-order valence-electron chi connectivity index (χ1n) is 7.35. The van der Waals surface area contributed by atoms with Crippen molar-refractivity contribution in [2.24, 2.45) is 11.1 Å². The molecule has 0 N–H and O–H groups in total. The first-order chi connectivity index (χ1) is 8.86. The molecule has 1 saturated carbocycles. The van der Waals surface area contributed by atoms with Gasteiger partial charge >= 0.3 is 0 Å². The minimum Gasteiger partial charge on any atom is -0.399 e. The van der Waals surface area contributed by atoms with Gasteiger partial charge in [-0.25, -0.2) is 0 Å². The van der Waals surface area contributed by atoms with E-state index in [-0.39, 0.29) is 5.92 Å². The Hall–Kier alpha value is -1.04. The van der Waals surface area contributed by atoms with Gasteiger partial charge < -0.3 is 4.84 Å². The molecule has 3 heteroatoms. The fraction of sp³-hybridized carbons (Fsp3) is 0.867. The molecule has 1 unspecified atom stereocenters. The second-order valence-corrected chi connectivity index (χ2v) is 5.22. The van der Waals surface area contributed by atoms with E-state index >= 15 is 0 Å². The standard InChI is InChI=1S/C15H26N2O/c1-18-17-15-10-8-6-4-2-3-5-7-9-14(13-16)11-12-15/h14H,2-12H2,1H3. The third-order valence-corrected chi connectivity index (χ3v) is 3.70. The lowest BCUT2D eigenvalue weighted by atomic mass is 9.95. The van der Waals surface area contributed by atoms with Gasteiger partial charge in [0.15, 0.2) is 0 Å². The Morgan fingerprint density at radius 2 is 1.67 bits per heavy atom. The molecule has 1 aliphatic carbocycles. The first-order valence-corrected chi connectivity index (χ1v) is 7.35. The Kier molecular flexibility index (Phi) is 8.29. The van der Waals surface area contributed by atoms with E-state index in [2.05, 4.69) is 11.2 Å². The van der Waals surface area contributed by atoms with Crippen LogP contribution < -0.4 is 0 Å². The van der Waals surface area contributed by atoms with Gasteiger partial charge in [0.1, 0.15) is 7.11 Å². The van der Waals surface area contributed by atoms with Crippen LogP contribution in [0.3, 0.4) is 0 Å². The lowest BCUT2D eigenvalue weighted by molar-refractivity contribution is 0.211. The molecule has 0 amide bonds. The molecule has 102 valence electrons. The van der Waals surface area contributed by atoms with Crippen LogP contribution in [0.25, 0.3) is 0 Å². The summed E-state index contributed by atoms with van der Waals surface area (Å²) in [6.45, 7) is 0. The van der Waals surface area contributed by atoms with Gasteiger partial charge in [0, 0.05) is 5.92 Å². The van der Waals surface area contributed by atoms with E-state index in [0.717, 1.165) is 31.4 Å². The number of oxime groups is 1. The Bertz CT molecular complexity index is 281. The third kappa shape index (κ3) is 6.64. The molecule has 1 aliphatic rings. The zero-order valence-electron chi connectivity index (χ0n) is 11.7. The SMILES string of the molecule is CON=C1CCCCCCCCCC(C#N)CC1. The Morgan fingerprint density at radius 1 is 1.00 bits per heavy atom. The number of nitrogens with zero attached hydrogens (tertiary/aromatic N) is 2. The zero-order valence-corrected chi connectivity index (χ0v) is 11.7. The van der Waals surface area contributed by atoms with Crippen LogP contribution in [0.1, 0.15) is 70.6 Å². The van der Waals surface area contributed by atoms with Crippen molar-refractivity contribution in [3.63, 3.8) is 0 Å². The quantitative estimate of drug-likeness (QED) is 0.646. The highest BCUT2D eigenvalue weighted by atomic mass is 16.6. The molecule has 1 rings (SSSR count). The van der Waals surface area contributed by atoms with Gasteiger partial charge in [-0.15, -0.1) is 0 Å². The molecule has 0 saturated heterocycles. The van der Waals surface area contributed by atoms with E-state index < -0.39 is 0 Å². The molecule has 3 nitrogen and oxygen atoms in total. The first kappa shape index (κ1) is 15.0. The summed E-state index contributed by atoms with van der Waals surface area (Å²) in [5.74, 6) is 0.202. The topological polar surface area (TPSA) is 45.4 Å². The summed E-state index contributed by atoms with van der Waals surface area (Å²) < 4.78 is 0. The maximum atomic E-state index is 9.15. The third-order valence-electron chi connectivity index (χ3n) is 3.70. The Labute approximate surface area is 111 Å². The van der Waals surface area contributed by atoms with Crippen LogP contribution in [0.2, 0.25) is 0 Å². The zero-order chi connectivity index (χ0) is 13.1. The lowest BCUT2D eigenvalue weighted by Gasteiger charge is -2.09. The molecule has 0 spiro atoms. The predicted molar refractivity (Wildman–Crippen MR) is 74.3 cm³/mol. The minimum atomic E-state index is 0.202. The second-order valence-electron chi connectivity index (χ2n) is 5.22. The molecular weight excluding hydrogens is 224 g/mol. The monoisotopic (exact) mass is 250 g/mol. The maximum Gasteiger partial charge on any atom is 0.106 e. The van der Waals surface area contributed by atoms with Crippen LogP contribution in [-0.4, -0.2) is 12.8 Å². The van der Waals surface area contributed by atoms with E-state index in [1.807, 2.05) is 0 Å². The number of hydrogen-bond acceptors (Lipinski definition) is 3. The molecule has 0 aromatic heterocycles. The van der Waals surface area contributed by atoms with Crippen molar-refractivity contribution in [1.29, 1.82) is 5.26 Å². The van der Waals surface area contributed by atoms with Gasteiger partial charge in [0.05, 0.1) is 11.8 Å². The molecule has 0 radical (unpaired) electrons.